The van der Waals surface area contributed by atoms with Crippen molar-refractivity contribution in [3.8, 4) is 5.75 Å². The van der Waals surface area contributed by atoms with E-state index in [0.29, 0.717) is 11.4 Å². The Morgan fingerprint density at radius 2 is 2.00 bits per heavy atom. The third kappa shape index (κ3) is 4.85. The van der Waals surface area contributed by atoms with Gasteiger partial charge >= 0.3 is 0 Å². The minimum absolute atomic E-state index is 0.0292. The van der Waals surface area contributed by atoms with Crippen LogP contribution in [0.3, 0.4) is 0 Å². The van der Waals surface area contributed by atoms with Gasteiger partial charge in [-0.1, -0.05) is 32.4 Å². The second-order valence-corrected chi connectivity index (χ2v) is 7.97. The Labute approximate surface area is 131 Å². The van der Waals surface area contributed by atoms with Crippen LogP contribution in [0.5, 0.6) is 5.75 Å². The highest BCUT2D eigenvalue weighted by Crippen LogP contribution is 2.29. The van der Waals surface area contributed by atoms with Gasteiger partial charge in [-0.05, 0) is 24.0 Å². The normalized spacial score (nSPS) is 14.0. The molecule has 0 amide bonds. The van der Waals surface area contributed by atoms with Crippen molar-refractivity contribution in [2.45, 2.75) is 38.1 Å². The summed E-state index contributed by atoms with van der Waals surface area (Å²) in [6.07, 6.45) is 0.332. The molecule has 0 spiro atoms. The van der Waals surface area contributed by atoms with Crippen LogP contribution in [0.4, 0.5) is 0 Å². The molecule has 0 aliphatic carbocycles. The average molecular weight is 336 g/mol. The van der Waals surface area contributed by atoms with Gasteiger partial charge in [-0.3, -0.25) is 0 Å². The minimum atomic E-state index is -3.77. The summed E-state index contributed by atoms with van der Waals surface area (Å²) in [5.74, 6) is 0.187. The van der Waals surface area contributed by atoms with Crippen molar-refractivity contribution in [3.63, 3.8) is 0 Å². The minimum Gasteiger partial charge on any atom is -0.495 e. The van der Waals surface area contributed by atoms with Crippen LogP contribution in [-0.4, -0.2) is 33.3 Å². The fourth-order valence-corrected chi connectivity index (χ4v) is 3.70. The molecule has 1 aromatic carbocycles. The number of hydrogen-bond acceptors (Lipinski definition) is 4. The van der Waals surface area contributed by atoms with Crippen LogP contribution in [0.15, 0.2) is 23.1 Å². The van der Waals surface area contributed by atoms with E-state index in [-0.39, 0.29) is 22.7 Å². The lowest BCUT2D eigenvalue weighted by molar-refractivity contribution is 0.214. The van der Waals surface area contributed by atoms with Crippen LogP contribution in [-0.2, 0) is 10.0 Å². The number of sulfonamides is 1. The molecule has 0 saturated carbocycles. The van der Waals surface area contributed by atoms with Crippen molar-refractivity contribution in [1.82, 2.24) is 4.72 Å². The lowest BCUT2D eigenvalue weighted by Gasteiger charge is -2.31. The lowest BCUT2D eigenvalue weighted by atomic mass is 9.86. The average Bonchev–Trinajstić information content (AvgIpc) is 2.36. The number of hydrogen-bond donors (Lipinski definition) is 2. The maximum absolute atomic E-state index is 12.5. The summed E-state index contributed by atoms with van der Waals surface area (Å²) >= 11 is 5.85. The molecule has 7 heteroatoms. The Morgan fingerprint density at radius 1 is 1.38 bits per heavy atom. The summed E-state index contributed by atoms with van der Waals surface area (Å²) in [7, 11) is -2.38. The molecule has 5 nitrogen and oxygen atoms in total. The van der Waals surface area contributed by atoms with Gasteiger partial charge in [0, 0.05) is 23.7 Å². The number of rotatable bonds is 6. The van der Waals surface area contributed by atoms with Crippen LogP contribution in [0.25, 0.3) is 0 Å². The highest BCUT2D eigenvalue weighted by molar-refractivity contribution is 7.89. The number of ether oxygens (including phenoxy) is 1. The first kappa shape index (κ1) is 18.2. The zero-order chi connectivity index (χ0) is 16.3. The number of methoxy groups -OCH3 is 1. The predicted molar refractivity (Wildman–Crippen MR) is 83.3 cm³/mol. The van der Waals surface area contributed by atoms with Gasteiger partial charge in [0.1, 0.15) is 10.6 Å². The molecule has 0 radical (unpaired) electrons. The van der Waals surface area contributed by atoms with E-state index < -0.39 is 16.1 Å². The van der Waals surface area contributed by atoms with Gasteiger partial charge in [-0.2, -0.15) is 0 Å². The first-order chi connectivity index (χ1) is 9.61. The summed E-state index contributed by atoms with van der Waals surface area (Å²) < 4.78 is 32.8. The smallest absolute Gasteiger partial charge is 0.244 e. The zero-order valence-electron chi connectivity index (χ0n) is 12.7. The third-order valence-electron chi connectivity index (χ3n) is 3.18. The van der Waals surface area contributed by atoms with E-state index in [1.165, 1.54) is 25.3 Å². The van der Waals surface area contributed by atoms with Crippen molar-refractivity contribution >= 4 is 21.6 Å². The van der Waals surface area contributed by atoms with E-state index in [0.717, 1.165) is 0 Å². The molecule has 120 valence electrons. The Kier molecular flexibility index (Phi) is 6.04. The van der Waals surface area contributed by atoms with E-state index in [9.17, 15) is 8.42 Å². The molecule has 0 fully saturated rings. The topological polar surface area (TPSA) is 75.6 Å². The van der Waals surface area contributed by atoms with E-state index in [4.69, 9.17) is 21.4 Å². The number of aliphatic hydroxyl groups is 1. The standard InChI is InChI=1S/C14H22ClNO4S/c1-14(2,3)13(7-8-17)16-21(18,19)12-6-5-10(15)9-11(12)20-4/h5-6,9,13,16-17H,7-8H2,1-4H3. The molecule has 0 saturated heterocycles. The Balaban J connectivity index is 3.16. The largest absolute Gasteiger partial charge is 0.495 e. The molecule has 1 rings (SSSR count). The van der Waals surface area contributed by atoms with Crippen LogP contribution in [0.2, 0.25) is 5.02 Å². The molecule has 1 unspecified atom stereocenters. The third-order valence-corrected chi connectivity index (χ3v) is 4.92. The van der Waals surface area contributed by atoms with Crippen molar-refractivity contribution in [1.29, 1.82) is 0 Å². The molecule has 21 heavy (non-hydrogen) atoms. The molecule has 2 N–H and O–H groups in total. The summed E-state index contributed by atoms with van der Waals surface area (Å²) in [4.78, 5) is 0.0292. The SMILES string of the molecule is COc1cc(Cl)ccc1S(=O)(=O)NC(CCO)C(C)(C)C. The summed E-state index contributed by atoms with van der Waals surface area (Å²) in [5.41, 5.74) is -0.324. The first-order valence-corrected chi connectivity index (χ1v) is 8.44. The molecule has 0 aromatic heterocycles. The molecule has 0 aliphatic heterocycles. The monoisotopic (exact) mass is 335 g/mol. The summed E-state index contributed by atoms with van der Waals surface area (Å²) in [6, 6.07) is 3.96. The van der Waals surface area contributed by atoms with Gasteiger partial charge in [0.15, 0.2) is 0 Å². The van der Waals surface area contributed by atoms with Gasteiger partial charge in [-0.25, -0.2) is 13.1 Å². The highest BCUT2D eigenvalue weighted by atomic mass is 35.5. The molecule has 0 bridgehead atoms. The van der Waals surface area contributed by atoms with Crippen LogP contribution >= 0.6 is 11.6 Å². The van der Waals surface area contributed by atoms with Crippen LogP contribution in [0, 0.1) is 5.41 Å². The zero-order valence-corrected chi connectivity index (χ0v) is 14.3. The number of halogens is 1. The molecule has 1 aromatic rings. The quantitative estimate of drug-likeness (QED) is 0.837. The van der Waals surface area contributed by atoms with Gasteiger partial charge in [0.25, 0.3) is 0 Å². The Morgan fingerprint density at radius 3 is 2.48 bits per heavy atom. The van der Waals surface area contributed by atoms with Gasteiger partial charge in [0.05, 0.1) is 7.11 Å². The predicted octanol–water partition coefficient (Wildman–Crippen LogP) is 2.42. The second kappa shape index (κ2) is 6.96. The van der Waals surface area contributed by atoms with Crippen molar-refractivity contribution in [2.24, 2.45) is 5.41 Å². The molecular weight excluding hydrogens is 314 g/mol. The lowest BCUT2D eigenvalue weighted by Crippen LogP contribution is -2.44. The van der Waals surface area contributed by atoms with Gasteiger partial charge in [-0.15, -0.1) is 0 Å². The fraction of sp³-hybridized carbons (Fsp3) is 0.571. The molecular formula is C14H22ClNO4S. The molecule has 1 atom stereocenters. The Bertz CT molecular complexity index is 581. The maximum atomic E-state index is 12.5. The first-order valence-electron chi connectivity index (χ1n) is 6.58. The molecule has 0 aliphatic rings. The van der Waals surface area contributed by atoms with Gasteiger partial charge < -0.3 is 9.84 Å². The van der Waals surface area contributed by atoms with Gasteiger partial charge in [0.2, 0.25) is 10.0 Å². The molecule has 0 heterocycles. The van der Waals surface area contributed by atoms with Crippen molar-refractivity contribution in [2.75, 3.05) is 13.7 Å². The van der Waals surface area contributed by atoms with Crippen LogP contribution in [0.1, 0.15) is 27.2 Å². The van der Waals surface area contributed by atoms with E-state index in [1.807, 2.05) is 20.8 Å². The number of aliphatic hydroxyl groups excluding tert-OH is 1. The van der Waals surface area contributed by atoms with Crippen molar-refractivity contribution < 1.29 is 18.3 Å². The fourth-order valence-electron chi connectivity index (χ4n) is 1.91. The van der Waals surface area contributed by atoms with Crippen LogP contribution < -0.4 is 9.46 Å². The number of benzene rings is 1. The number of nitrogens with one attached hydrogen (secondary N) is 1. The highest BCUT2D eigenvalue weighted by Gasteiger charge is 2.30. The summed E-state index contributed by atoms with van der Waals surface area (Å²) in [6.45, 7) is 5.64. The maximum Gasteiger partial charge on any atom is 0.244 e. The summed E-state index contributed by atoms with van der Waals surface area (Å²) in [5, 5.41) is 9.52. The van der Waals surface area contributed by atoms with E-state index >= 15 is 0 Å². The Hall–Kier alpha value is -0.820. The van der Waals surface area contributed by atoms with E-state index in [1.54, 1.807) is 0 Å². The van der Waals surface area contributed by atoms with E-state index in [2.05, 4.69) is 4.72 Å². The van der Waals surface area contributed by atoms with Crippen molar-refractivity contribution in [3.05, 3.63) is 23.2 Å². The second-order valence-electron chi connectivity index (χ2n) is 5.85.